The van der Waals surface area contributed by atoms with Crippen molar-refractivity contribution < 1.29 is 5.11 Å². The Hall–Kier alpha value is -1.23. The molecular weight excluding hydrogens is 102 g/mol. The summed E-state index contributed by atoms with van der Waals surface area (Å²) >= 11 is 0. The molecule has 0 heterocycles. The van der Waals surface area contributed by atoms with Crippen molar-refractivity contribution in [2.45, 2.75) is 6.92 Å². The molecular formula is C6H7NO. The zero-order chi connectivity index (χ0) is 6.41. The Morgan fingerprint density at radius 1 is 1.75 bits per heavy atom. The van der Waals surface area contributed by atoms with E-state index in [-0.39, 0.29) is 0 Å². The first-order valence-electron chi connectivity index (χ1n) is 2.15. The predicted molar refractivity (Wildman–Crippen MR) is 32.1 cm³/mol. The number of nitrogens with zero attached hydrogens (tertiary/aromatic N) is 1. The van der Waals surface area contributed by atoms with Gasteiger partial charge >= 0.3 is 0 Å². The minimum atomic E-state index is 0.681. The van der Waals surface area contributed by atoms with E-state index in [1.54, 1.807) is 6.92 Å². The van der Waals surface area contributed by atoms with Crippen LogP contribution in [0.4, 0.5) is 0 Å². The van der Waals surface area contributed by atoms with Crippen molar-refractivity contribution in [2.75, 3.05) is 0 Å². The lowest BCUT2D eigenvalue weighted by Gasteiger charge is -1.80. The Morgan fingerprint density at radius 3 is 2.75 bits per heavy atom. The molecule has 2 nitrogen and oxygen atoms in total. The van der Waals surface area contributed by atoms with Gasteiger partial charge in [-0.1, -0.05) is 6.08 Å². The minimum absolute atomic E-state index is 0.681. The summed E-state index contributed by atoms with van der Waals surface area (Å²) < 4.78 is 0. The van der Waals surface area contributed by atoms with Gasteiger partial charge in [0, 0.05) is 0 Å². The molecule has 0 amide bonds. The molecule has 8 heavy (non-hydrogen) atoms. The van der Waals surface area contributed by atoms with Crippen molar-refractivity contribution in [1.29, 1.82) is 0 Å². The van der Waals surface area contributed by atoms with E-state index in [0.717, 1.165) is 6.26 Å². The van der Waals surface area contributed by atoms with Crippen LogP contribution in [0, 0.1) is 6.57 Å². The van der Waals surface area contributed by atoms with Gasteiger partial charge < -0.3 is 5.11 Å². The van der Waals surface area contributed by atoms with E-state index in [9.17, 15) is 0 Å². The lowest BCUT2D eigenvalue weighted by molar-refractivity contribution is 0.469. The Labute approximate surface area is 48.6 Å². The zero-order valence-corrected chi connectivity index (χ0v) is 4.63. The highest BCUT2D eigenvalue weighted by Gasteiger charge is 1.73. The Morgan fingerprint density at radius 2 is 2.38 bits per heavy atom. The van der Waals surface area contributed by atoms with Crippen LogP contribution in [-0.4, -0.2) is 5.11 Å². The van der Waals surface area contributed by atoms with Crippen LogP contribution in [0.1, 0.15) is 6.92 Å². The van der Waals surface area contributed by atoms with Crippen molar-refractivity contribution in [3.63, 3.8) is 0 Å². The highest BCUT2D eigenvalue weighted by molar-refractivity contribution is 5.14. The Kier molecular flexibility index (Phi) is 3.34. The molecule has 0 aromatic carbocycles. The van der Waals surface area contributed by atoms with Crippen LogP contribution in [0.25, 0.3) is 4.85 Å². The number of hydrogen-bond donors (Lipinski definition) is 1. The molecule has 0 saturated heterocycles. The molecule has 0 radical (unpaired) electrons. The first-order chi connectivity index (χ1) is 3.81. The van der Waals surface area contributed by atoms with Gasteiger partial charge in [-0.3, -0.25) is 0 Å². The number of rotatable bonds is 1. The van der Waals surface area contributed by atoms with E-state index < -0.39 is 0 Å². The summed E-state index contributed by atoms with van der Waals surface area (Å²) in [5.41, 5.74) is 0.681. The molecule has 0 bridgehead atoms. The van der Waals surface area contributed by atoms with E-state index in [1.807, 2.05) is 0 Å². The summed E-state index contributed by atoms with van der Waals surface area (Å²) in [7, 11) is 0. The number of aliphatic hydroxyl groups is 1. The minimum Gasteiger partial charge on any atom is -0.515 e. The second kappa shape index (κ2) is 3.94. The summed E-state index contributed by atoms with van der Waals surface area (Å²) in [5, 5.41) is 8.25. The smallest absolute Gasteiger partial charge is 0.154 e. The van der Waals surface area contributed by atoms with Gasteiger partial charge in [-0.05, 0) is 12.5 Å². The molecule has 0 fully saturated rings. The Balaban J connectivity index is 3.75. The van der Waals surface area contributed by atoms with Gasteiger partial charge in [-0.2, -0.15) is 0 Å². The topological polar surface area (TPSA) is 24.6 Å². The molecule has 1 N–H and O–H groups in total. The molecule has 42 valence electrons. The van der Waals surface area contributed by atoms with Gasteiger partial charge in [0.15, 0.2) is 6.20 Å². The van der Waals surface area contributed by atoms with Crippen LogP contribution < -0.4 is 0 Å². The van der Waals surface area contributed by atoms with Crippen molar-refractivity contribution in [3.05, 3.63) is 35.5 Å². The molecule has 0 saturated carbocycles. The lowest BCUT2D eigenvalue weighted by Crippen LogP contribution is -1.63. The van der Waals surface area contributed by atoms with Crippen LogP contribution in [-0.2, 0) is 0 Å². The molecule has 0 aromatic rings. The van der Waals surface area contributed by atoms with Crippen LogP contribution >= 0.6 is 0 Å². The third-order valence-corrected chi connectivity index (χ3v) is 0.616. The monoisotopic (exact) mass is 109 g/mol. The van der Waals surface area contributed by atoms with Crippen molar-refractivity contribution >= 4 is 0 Å². The lowest BCUT2D eigenvalue weighted by atomic mass is 10.3. The molecule has 0 aromatic heterocycles. The normalized spacial score (nSPS) is 11.8. The van der Waals surface area contributed by atoms with Crippen molar-refractivity contribution in [2.24, 2.45) is 0 Å². The summed E-state index contributed by atoms with van der Waals surface area (Å²) in [4.78, 5) is 2.94. The molecule has 0 atom stereocenters. The summed E-state index contributed by atoms with van der Waals surface area (Å²) in [6, 6.07) is 0. The Bertz CT molecular complexity index is 150. The SMILES string of the molecule is [C-]#[N+]C=C/C(C)=C/O. The molecule has 2 heteroatoms. The fourth-order valence-corrected chi connectivity index (χ4v) is 0.198. The van der Waals surface area contributed by atoms with Crippen LogP contribution in [0.2, 0.25) is 0 Å². The summed E-state index contributed by atoms with van der Waals surface area (Å²) in [6.07, 6.45) is 3.79. The largest absolute Gasteiger partial charge is 0.515 e. The molecule has 0 unspecified atom stereocenters. The maximum Gasteiger partial charge on any atom is 0.154 e. The molecule has 0 aliphatic carbocycles. The number of aliphatic hydroxyl groups excluding tert-OH is 1. The number of allylic oxidation sites excluding steroid dienone is 2. The van der Waals surface area contributed by atoms with Gasteiger partial charge in [0.05, 0.1) is 12.8 Å². The maximum atomic E-state index is 8.25. The van der Waals surface area contributed by atoms with E-state index in [0.29, 0.717) is 5.57 Å². The van der Waals surface area contributed by atoms with Gasteiger partial charge in [-0.15, -0.1) is 0 Å². The van der Waals surface area contributed by atoms with E-state index in [2.05, 4.69) is 4.85 Å². The van der Waals surface area contributed by atoms with E-state index in [1.165, 1.54) is 12.3 Å². The third kappa shape index (κ3) is 2.98. The second-order valence-corrected chi connectivity index (χ2v) is 1.32. The van der Waals surface area contributed by atoms with Gasteiger partial charge in [0.25, 0.3) is 0 Å². The second-order valence-electron chi connectivity index (χ2n) is 1.32. The quantitative estimate of drug-likeness (QED) is 0.310. The predicted octanol–water partition coefficient (Wildman–Crippen LogP) is 1.88. The van der Waals surface area contributed by atoms with Gasteiger partial charge in [0.2, 0.25) is 0 Å². The average Bonchev–Trinajstić information content (AvgIpc) is 1.83. The summed E-state index contributed by atoms with van der Waals surface area (Å²) in [5.74, 6) is 0. The van der Waals surface area contributed by atoms with Gasteiger partial charge in [-0.25, -0.2) is 4.85 Å². The van der Waals surface area contributed by atoms with Gasteiger partial charge in [0.1, 0.15) is 0 Å². The highest BCUT2D eigenvalue weighted by atomic mass is 16.2. The average molecular weight is 109 g/mol. The number of hydrogen-bond acceptors (Lipinski definition) is 1. The fourth-order valence-electron chi connectivity index (χ4n) is 0.198. The first-order valence-corrected chi connectivity index (χ1v) is 2.15. The fraction of sp³-hybridized carbons (Fsp3) is 0.167. The molecule has 0 aliphatic rings. The zero-order valence-electron chi connectivity index (χ0n) is 4.63. The van der Waals surface area contributed by atoms with Crippen LogP contribution in [0.15, 0.2) is 24.1 Å². The van der Waals surface area contributed by atoms with Crippen molar-refractivity contribution in [3.8, 4) is 0 Å². The molecule has 0 spiro atoms. The highest BCUT2D eigenvalue weighted by Crippen LogP contribution is 1.90. The standard InChI is InChI=1S/C6H7NO/c1-6(5-8)3-4-7-2/h3-5,8H,1H3/b4-3?,6-5+. The van der Waals surface area contributed by atoms with E-state index >= 15 is 0 Å². The van der Waals surface area contributed by atoms with E-state index in [4.69, 9.17) is 11.7 Å². The molecule has 0 rings (SSSR count). The van der Waals surface area contributed by atoms with Crippen LogP contribution in [0.5, 0.6) is 0 Å². The molecule has 0 aliphatic heterocycles. The van der Waals surface area contributed by atoms with Crippen LogP contribution in [0.3, 0.4) is 0 Å². The maximum absolute atomic E-state index is 8.25. The summed E-state index contributed by atoms with van der Waals surface area (Å²) in [6.45, 7) is 8.01. The first kappa shape index (κ1) is 6.77. The van der Waals surface area contributed by atoms with Crippen molar-refractivity contribution in [1.82, 2.24) is 0 Å². The third-order valence-electron chi connectivity index (χ3n) is 0.616.